The third-order valence-corrected chi connectivity index (χ3v) is 15.1. The van der Waals surface area contributed by atoms with Crippen molar-refractivity contribution in [3.05, 3.63) is 11.6 Å². The first-order valence-electron chi connectivity index (χ1n) is 17.5. The second-order valence-corrected chi connectivity index (χ2v) is 17.1. The smallest absolute Gasteiger partial charge is 0.338 e. The molecule has 0 aliphatic heterocycles. The summed E-state index contributed by atoms with van der Waals surface area (Å²) in [7, 11) is 0. The lowest BCUT2D eigenvalue weighted by Crippen LogP contribution is -2.72. The predicted molar refractivity (Wildman–Crippen MR) is 171 cm³/mol. The number of aliphatic hydroxyl groups excluding tert-OH is 7. The van der Waals surface area contributed by atoms with Crippen molar-refractivity contribution in [2.24, 2.45) is 56.7 Å². The Balaban J connectivity index is 1.63. The van der Waals surface area contributed by atoms with Gasteiger partial charge in [0.25, 0.3) is 0 Å². The molecule has 17 atom stereocenters. The van der Waals surface area contributed by atoms with Crippen molar-refractivity contribution in [2.45, 2.75) is 129 Å². The van der Waals surface area contributed by atoms with E-state index in [1.165, 1.54) is 0 Å². The monoisotopic (exact) mass is 680 g/mol. The molecule has 5 aliphatic rings. The summed E-state index contributed by atoms with van der Waals surface area (Å²) in [5, 5.41) is 85.2. The molecule has 272 valence electrons. The molecular weight excluding hydrogens is 624 g/mol. The molecule has 0 aromatic carbocycles. The third kappa shape index (κ3) is 4.98. The summed E-state index contributed by atoms with van der Waals surface area (Å²) in [4.78, 5) is 37.6. The van der Waals surface area contributed by atoms with Crippen LogP contribution in [0.5, 0.6) is 0 Å². The van der Waals surface area contributed by atoms with Crippen molar-refractivity contribution < 1.29 is 60.0 Å². The van der Waals surface area contributed by atoms with Crippen LogP contribution in [0.25, 0.3) is 0 Å². The molecule has 0 bridgehead atoms. The Bertz CT molecular complexity index is 1320. The standard InChI is InChI=1S/C36H56O12/c1-17-9-10-36(31(46)47)12-11-34(5)19(24(36)18(17)2)7-8-23-32(3)13-20(39)29(44)33(4,16-38)28(32)22(14-35(23,34)6)48-30(45)27(43)26(42)25(41)21(40)15-37/h7,15,17-18,20-29,38-44H,8-14,16H2,1-6H3,(H,46,47)/t17-,18+,20-,21+,22-,23-,24+,25-,26+,27+,28-,29+,32-,33+,34-,35-,36+/m1/s1. The Hall–Kier alpha value is -1.93. The summed E-state index contributed by atoms with van der Waals surface area (Å²) < 4.78 is 6.05. The molecule has 5 aliphatic carbocycles. The number of carbonyl (C=O) groups excluding carboxylic acids is 2. The summed E-state index contributed by atoms with van der Waals surface area (Å²) in [6.07, 6.45) is -6.87. The van der Waals surface area contributed by atoms with Gasteiger partial charge in [-0.3, -0.25) is 4.79 Å². The summed E-state index contributed by atoms with van der Waals surface area (Å²) in [5.74, 6) is -2.73. The Morgan fingerprint density at radius 3 is 2.23 bits per heavy atom. The van der Waals surface area contributed by atoms with Crippen LogP contribution in [0.1, 0.15) is 86.5 Å². The van der Waals surface area contributed by atoms with E-state index in [4.69, 9.17) is 4.74 Å². The van der Waals surface area contributed by atoms with Gasteiger partial charge in [-0.2, -0.15) is 0 Å². The highest BCUT2D eigenvalue weighted by Gasteiger charge is 2.73. The molecule has 0 aromatic rings. The first-order valence-corrected chi connectivity index (χ1v) is 17.5. The average Bonchev–Trinajstić information content (AvgIpc) is 3.03. The number of aliphatic carboxylic acids is 1. The number of carbonyl (C=O) groups is 3. The van der Waals surface area contributed by atoms with Crippen LogP contribution in [0.15, 0.2) is 11.6 Å². The van der Waals surface area contributed by atoms with Gasteiger partial charge in [-0.1, -0.05) is 53.2 Å². The Morgan fingerprint density at radius 1 is 1.00 bits per heavy atom. The van der Waals surface area contributed by atoms with E-state index in [-0.39, 0.29) is 36.9 Å². The molecule has 12 nitrogen and oxygen atoms in total. The largest absolute Gasteiger partial charge is 0.481 e. The SMILES string of the molecule is C[C@H]1[C@H](C)CC[C@]2(C(=O)O)CC[C@]3(C)C(=CC[C@@H]4[C@@]5(C)C[C@@H](O)[C@H](O)[C@@](C)(CO)[C@@H]5[C@H](OC(=O)[C@@H](O)[C@@H](O)[C@H](O)[C@@H](O)C=O)C[C@]43C)[C@H]12. The zero-order chi connectivity index (χ0) is 35.9. The molecule has 0 radical (unpaired) electrons. The third-order valence-electron chi connectivity index (χ3n) is 15.1. The van der Waals surface area contributed by atoms with Gasteiger partial charge in [-0.05, 0) is 84.9 Å². The second-order valence-electron chi connectivity index (χ2n) is 17.1. The summed E-state index contributed by atoms with van der Waals surface area (Å²) in [6, 6.07) is 0. The lowest BCUT2D eigenvalue weighted by atomic mass is 9.32. The molecule has 4 saturated carbocycles. The van der Waals surface area contributed by atoms with Crippen LogP contribution in [0.2, 0.25) is 0 Å². The first-order chi connectivity index (χ1) is 22.2. The number of carboxylic acids is 1. The van der Waals surface area contributed by atoms with E-state index in [1.807, 2.05) is 6.92 Å². The number of carboxylic acid groups (broad SMARTS) is 1. The molecular formula is C36H56O12. The van der Waals surface area contributed by atoms with E-state index >= 15 is 0 Å². The van der Waals surface area contributed by atoms with Crippen molar-refractivity contribution >= 4 is 18.2 Å². The molecule has 12 heteroatoms. The molecule has 8 N–H and O–H groups in total. The van der Waals surface area contributed by atoms with Crippen LogP contribution >= 0.6 is 0 Å². The molecule has 0 spiro atoms. The lowest BCUT2D eigenvalue weighted by molar-refractivity contribution is -0.279. The Kier molecular flexibility index (Phi) is 9.63. The van der Waals surface area contributed by atoms with Crippen LogP contribution in [-0.2, 0) is 19.1 Å². The Labute approximate surface area is 282 Å². The summed E-state index contributed by atoms with van der Waals surface area (Å²) in [5.41, 5.74) is -3.16. The highest BCUT2D eigenvalue weighted by atomic mass is 16.6. The molecule has 0 amide bonds. The highest BCUT2D eigenvalue weighted by molar-refractivity contribution is 5.77. The molecule has 0 heterocycles. The number of allylic oxidation sites excluding steroid dienone is 2. The number of hydrogen-bond acceptors (Lipinski definition) is 11. The van der Waals surface area contributed by atoms with Gasteiger partial charge in [0.1, 0.15) is 24.4 Å². The van der Waals surface area contributed by atoms with Gasteiger partial charge in [-0.25, -0.2) is 4.79 Å². The summed E-state index contributed by atoms with van der Waals surface area (Å²) >= 11 is 0. The van der Waals surface area contributed by atoms with Crippen molar-refractivity contribution in [3.8, 4) is 0 Å². The van der Waals surface area contributed by atoms with Crippen molar-refractivity contribution in [2.75, 3.05) is 6.61 Å². The van der Waals surface area contributed by atoms with Gasteiger partial charge in [0.05, 0.1) is 24.2 Å². The van der Waals surface area contributed by atoms with Gasteiger partial charge >= 0.3 is 11.9 Å². The van der Waals surface area contributed by atoms with Gasteiger partial charge in [-0.15, -0.1) is 0 Å². The normalized spacial score (nSPS) is 49.4. The minimum Gasteiger partial charge on any atom is -0.481 e. The molecule has 5 rings (SSSR count). The van der Waals surface area contributed by atoms with Crippen molar-refractivity contribution in [1.82, 2.24) is 0 Å². The fraction of sp³-hybridized carbons (Fsp3) is 0.861. The zero-order valence-corrected chi connectivity index (χ0v) is 29.0. The molecule has 0 aromatic heterocycles. The van der Waals surface area contributed by atoms with Crippen LogP contribution < -0.4 is 0 Å². The van der Waals surface area contributed by atoms with E-state index in [0.717, 1.165) is 12.0 Å². The Morgan fingerprint density at radius 2 is 1.65 bits per heavy atom. The fourth-order valence-electron chi connectivity index (χ4n) is 12.1. The molecule has 4 fully saturated rings. The lowest BCUT2D eigenvalue weighted by Gasteiger charge is -2.72. The van der Waals surface area contributed by atoms with E-state index < -0.39 is 94.3 Å². The topological polar surface area (TPSA) is 222 Å². The van der Waals surface area contributed by atoms with Crippen LogP contribution in [0.4, 0.5) is 0 Å². The maximum absolute atomic E-state index is 13.5. The fourth-order valence-corrected chi connectivity index (χ4v) is 12.1. The van der Waals surface area contributed by atoms with Crippen molar-refractivity contribution in [3.63, 3.8) is 0 Å². The minimum atomic E-state index is -2.33. The number of aldehydes is 1. The highest BCUT2D eigenvalue weighted by Crippen LogP contribution is 2.76. The maximum Gasteiger partial charge on any atom is 0.338 e. The van der Waals surface area contributed by atoms with E-state index in [2.05, 4.69) is 33.8 Å². The van der Waals surface area contributed by atoms with Crippen LogP contribution in [0.3, 0.4) is 0 Å². The molecule has 0 saturated heterocycles. The van der Waals surface area contributed by atoms with Gasteiger partial charge in [0.15, 0.2) is 12.4 Å². The number of rotatable bonds is 8. The molecule has 48 heavy (non-hydrogen) atoms. The van der Waals surface area contributed by atoms with Crippen LogP contribution in [0, 0.1) is 56.7 Å². The first kappa shape index (κ1) is 37.3. The van der Waals surface area contributed by atoms with E-state index in [1.54, 1.807) is 6.92 Å². The average molecular weight is 681 g/mol. The minimum absolute atomic E-state index is 0.0348. The number of esters is 1. The zero-order valence-electron chi connectivity index (χ0n) is 29.0. The summed E-state index contributed by atoms with van der Waals surface area (Å²) in [6.45, 7) is 11.7. The van der Waals surface area contributed by atoms with Crippen molar-refractivity contribution in [1.29, 1.82) is 0 Å². The number of hydrogen-bond donors (Lipinski definition) is 8. The van der Waals surface area contributed by atoms with Gasteiger partial charge < -0.3 is 50.4 Å². The second kappa shape index (κ2) is 12.4. The van der Waals surface area contributed by atoms with E-state index in [0.29, 0.717) is 31.6 Å². The van der Waals surface area contributed by atoms with E-state index in [9.17, 15) is 55.2 Å². The number of aliphatic hydroxyl groups is 7. The molecule has 0 unspecified atom stereocenters. The van der Waals surface area contributed by atoms with Gasteiger partial charge in [0, 0.05) is 11.3 Å². The van der Waals surface area contributed by atoms with Crippen LogP contribution in [-0.4, -0.2) is 108 Å². The predicted octanol–water partition coefficient (Wildman–Crippen LogP) is 1.20. The maximum atomic E-state index is 13.5. The quantitative estimate of drug-likeness (QED) is 0.103. The number of fused-ring (bicyclic) bond motifs is 7. The van der Waals surface area contributed by atoms with Gasteiger partial charge in [0.2, 0.25) is 0 Å². The number of ether oxygens (including phenoxy) is 1.